The molecular formula is C11H12O2. The summed E-state index contributed by atoms with van der Waals surface area (Å²) in [6.07, 6.45) is 3.81. The van der Waals surface area contributed by atoms with Gasteiger partial charge >= 0.3 is 0 Å². The van der Waals surface area contributed by atoms with E-state index in [9.17, 15) is 4.79 Å². The monoisotopic (exact) mass is 176 g/mol. The number of hydrogen-bond acceptors (Lipinski definition) is 2. The number of ketones is 1. The van der Waals surface area contributed by atoms with Gasteiger partial charge in [-0.2, -0.15) is 0 Å². The highest BCUT2D eigenvalue weighted by molar-refractivity contribution is 5.93. The van der Waals surface area contributed by atoms with Gasteiger partial charge in [0.25, 0.3) is 0 Å². The molecule has 0 bridgehead atoms. The Labute approximate surface area is 77.5 Å². The van der Waals surface area contributed by atoms with Gasteiger partial charge < -0.3 is 5.11 Å². The minimum absolute atomic E-state index is 0.105. The van der Waals surface area contributed by atoms with E-state index in [-0.39, 0.29) is 11.5 Å². The van der Waals surface area contributed by atoms with Crippen molar-refractivity contribution in [3.63, 3.8) is 0 Å². The smallest absolute Gasteiger partial charge is 0.155 e. The maximum absolute atomic E-state index is 10.9. The van der Waals surface area contributed by atoms with Crippen molar-refractivity contribution in [3.8, 4) is 5.75 Å². The Kier molecular flexibility index (Phi) is 3.26. The van der Waals surface area contributed by atoms with E-state index in [1.165, 1.54) is 0 Å². The molecule has 0 unspecified atom stereocenters. The van der Waals surface area contributed by atoms with Gasteiger partial charge in [-0.05, 0) is 23.8 Å². The number of phenols is 1. The van der Waals surface area contributed by atoms with Gasteiger partial charge in [-0.3, -0.25) is 4.79 Å². The molecule has 0 spiro atoms. The number of hydrogen-bond donors (Lipinski definition) is 1. The molecule has 2 nitrogen and oxygen atoms in total. The summed E-state index contributed by atoms with van der Waals surface area (Å²) < 4.78 is 0. The van der Waals surface area contributed by atoms with Gasteiger partial charge in [0, 0.05) is 6.42 Å². The summed E-state index contributed by atoms with van der Waals surface area (Å²) in [5.41, 5.74) is 0.916. The van der Waals surface area contributed by atoms with Crippen LogP contribution in [0.4, 0.5) is 0 Å². The number of carbonyl (C=O) groups is 1. The van der Waals surface area contributed by atoms with E-state index in [0.717, 1.165) is 5.56 Å². The first-order valence-corrected chi connectivity index (χ1v) is 4.22. The largest absolute Gasteiger partial charge is 0.508 e. The van der Waals surface area contributed by atoms with Gasteiger partial charge in [0.2, 0.25) is 0 Å². The third-order valence-electron chi connectivity index (χ3n) is 1.70. The maximum atomic E-state index is 10.9. The zero-order valence-corrected chi connectivity index (χ0v) is 7.53. The van der Waals surface area contributed by atoms with Crippen LogP contribution in [-0.2, 0) is 4.79 Å². The standard InChI is InChI=1S/C11H12O2/c1-2-10(12)6-3-9-4-7-11(13)8-5-9/h3-8,13H,2H2,1H3/b6-3+. The van der Waals surface area contributed by atoms with Crippen LogP contribution >= 0.6 is 0 Å². The number of carbonyl (C=O) groups excluding carboxylic acids is 1. The Morgan fingerprint density at radius 1 is 1.38 bits per heavy atom. The molecular weight excluding hydrogens is 164 g/mol. The Hall–Kier alpha value is -1.57. The molecule has 13 heavy (non-hydrogen) atoms. The summed E-state index contributed by atoms with van der Waals surface area (Å²) >= 11 is 0. The van der Waals surface area contributed by atoms with Crippen LogP contribution in [0.15, 0.2) is 30.3 Å². The summed E-state index contributed by atoms with van der Waals surface area (Å²) in [6.45, 7) is 1.82. The fourth-order valence-electron chi connectivity index (χ4n) is 0.892. The summed E-state index contributed by atoms with van der Waals surface area (Å²) in [4.78, 5) is 10.9. The highest BCUT2D eigenvalue weighted by Crippen LogP contribution is 2.10. The van der Waals surface area contributed by atoms with E-state index >= 15 is 0 Å². The second kappa shape index (κ2) is 4.45. The summed E-state index contributed by atoms with van der Waals surface area (Å²) in [5, 5.41) is 8.99. The number of rotatable bonds is 3. The zero-order chi connectivity index (χ0) is 9.68. The lowest BCUT2D eigenvalue weighted by Gasteiger charge is -1.93. The molecule has 0 amide bonds. The lowest BCUT2D eigenvalue weighted by molar-refractivity contribution is -0.114. The highest BCUT2D eigenvalue weighted by Gasteiger charge is 1.91. The van der Waals surface area contributed by atoms with Crippen LogP contribution in [0, 0.1) is 0 Å². The lowest BCUT2D eigenvalue weighted by atomic mass is 10.2. The molecule has 0 saturated heterocycles. The van der Waals surface area contributed by atoms with Crippen LogP contribution in [-0.4, -0.2) is 10.9 Å². The van der Waals surface area contributed by atoms with Crippen molar-refractivity contribution in [2.24, 2.45) is 0 Å². The van der Waals surface area contributed by atoms with Crippen molar-refractivity contribution in [1.82, 2.24) is 0 Å². The van der Waals surface area contributed by atoms with Crippen LogP contribution in [0.2, 0.25) is 0 Å². The molecule has 68 valence electrons. The van der Waals surface area contributed by atoms with E-state index in [4.69, 9.17) is 5.11 Å². The highest BCUT2D eigenvalue weighted by atomic mass is 16.3. The predicted molar refractivity (Wildman–Crippen MR) is 52.4 cm³/mol. The summed E-state index contributed by atoms with van der Waals surface area (Å²) in [5.74, 6) is 0.340. The molecule has 0 radical (unpaired) electrons. The molecule has 0 aromatic heterocycles. The van der Waals surface area contributed by atoms with Crippen LogP contribution in [0.25, 0.3) is 6.08 Å². The van der Waals surface area contributed by atoms with E-state index in [0.29, 0.717) is 6.42 Å². The summed E-state index contributed by atoms with van der Waals surface area (Å²) in [7, 11) is 0. The average molecular weight is 176 g/mol. The van der Waals surface area contributed by atoms with Crippen molar-refractivity contribution in [2.45, 2.75) is 13.3 Å². The SMILES string of the molecule is CCC(=O)/C=C/c1ccc(O)cc1. The molecule has 0 heterocycles. The van der Waals surface area contributed by atoms with Crippen molar-refractivity contribution < 1.29 is 9.90 Å². The number of allylic oxidation sites excluding steroid dienone is 1. The minimum atomic E-state index is 0.105. The maximum Gasteiger partial charge on any atom is 0.155 e. The first kappa shape index (κ1) is 9.52. The van der Waals surface area contributed by atoms with Crippen molar-refractivity contribution in [3.05, 3.63) is 35.9 Å². The van der Waals surface area contributed by atoms with Crippen molar-refractivity contribution in [1.29, 1.82) is 0 Å². The molecule has 1 aromatic carbocycles. The normalized spacial score (nSPS) is 10.5. The van der Waals surface area contributed by atoms with Crippen LogP contribution < -0.4 is 0 Å². The van der Waals surface area contributed by atoms with Gasteiger partial charge in [-0.15, -0.1) is 0 Å². The minimum Gasteiger partial charge on any atom is -0.508 e. The lowest BCUT2D eigenvalue weighted by Crippen LogP contribution is -1.86. The van der Waals surface area contributed by atoms with Crippen LogP contribution in [0.1, 0.15) is 18.9 Å². The van der Waals surface area contributed by atoms with Crippen LogP contribution in [0.5, 0.6) is 5.75 Å². The molecule has 0 fully saturated rings. The van der Waals surface area contributed by atoms with E-state index in [2.05, 4.69) is 0 Å². The summed E-state index contributed by atoms with van der Waals surface area (Å²) in [6, 6.07) is 6.70. The zero-order valence-electron chi connectivity index (χ0n) is 7.53. The average Bonchev–Trinajstić information content (AvgIpc) is 2.16. The van der Waals surface area contributed by atoms with Crippen molar-refractivity contribution in [2.75, 3.05) is 0 Å². The molecule has 1 rings (SSSR count). The molecule has 0 aliphatic carbocycles. The van der Waals surface area contributed by atoms with Gasteiger partial charge in [-0.1, -0.05) is 25.1 Å². The quantitative estimate of drug-likeness (QED) is 0.718. The van der Waals surface area contributed by atoms with E-state index in [1.807, 2.05) is 6.92 Å². The van der Waals surface area contributed by atoms with Gasteiger partial charge in [0.15, 0.2) is 5.78 Å². The van der Waals surface area contributed by atoms with Gasteiger partial charge in [0.05, 0.1) is 0 Å². The topological polar surface area (TPSA) is 37.3 Å². The first-order chi connectivity index (χ1) is 6.22. The Morgan fingerprint density at radius 2 is 2.00 bits per heavy atom. The molecule has 0 aliphatic rings. The fourth-order valence-corrected chi connectivity index (χ4v) is 0.892. The molecule has 0 aliphatic heterocycles. The van der Waals surface area contributed by atoms with Crippen molar-refractivity contribution >= 4 is 11.9 Å². The number of aromatic hydroxyl groups is 1. The Morgan fingerprint density at radius 3 is 2.54 bits per heavy atom. The molecule has 1 N–H and O–H groups in total. The van der Waals surface area contributed by atoms with Gasteiger partial charge in [0.1, 0.15) is 5.75 Å². The van der Waals surface area contributed by atoms with Gasteiger partial charge in [-0.25, -0.2) is 0 Å². The molecule has 2 heteroatoms. The van der Waals surface area contributed by atoms with Crippen LogP contribution in [0.3, 0.4) is 0 Å². The fraction of sp³-hybridized carbons (Fsp3) is 0.182. The Balaban J connectivity index is 2.69. The first-order valence-electron chi connectivity index (χ1n) is 4.22. The molecule has 0 atom stereocenters. The third kappa shape index (κ3) is 3.11. The predicted octanol–water partition coefficient (Wildman–Crippen LogP) is 2.38. The second-order valence-corrected chi connectivity index (χ2v) is 2.74. The Bertz CT molecular complexity index is 309. The second-order valence-electron chi connectivity index (χ2n) is 2.74. The molecule has 0 saturated carbocycles. The number of phenolic OH excluding ortho intramolecular Hbond substituents is 1. The van der Waals surface area contributed by atoms with E-state index in [1.54, 1.807) is 36.4 Å². The number of benzene rings is 1. The van der Waals surface area contributed by atoms with E-state index < -0.39 is 0 Å². The molecule has 1 aromatic rings. The third-order valence-corrected chi connectivity index (χ3v) is 1.70.